The van der Waals surface area contributed by atoms with Gasteiger partial charge in [0.1, 0.15) is 0 Å². The first-order valence-electron chi connectivity index (χ1n) is 7.96. The van der Waals surface area contributed by atoms with E-state index in [1.165, 1.54) is 24.0 Å². The summed E-state index contributed by atoms with van der Waals surface area (Å²) in [7, 11) is 0. The molecule has 8 heteroatoms. The quantitative estimate of drug-likeness (QED) is 0.658. The molecule has 1 aliphatic rings. The smallest absolute Gasteiger partial charge is 0.257 e. The summed E-state index contributed by atoms with van der Waals surface area (Å²) in [6, 6.07) is 3.62. The van der Waals surface area contributed by atoms with Crippen LogP contribution in [0.15, 0.2) is 33.5 Å². The fraction of sp³-hybridized carbons (Fsp3) is 0.294. The predicted octanol–water partition coefficient (Wildman–Crippen LogP) is 4.78. The van der Waals surface area contributed by atoms with Gasteiger partial charge in [-0.25, -0.2) is 0 Å². The summed E-state index contributed by atoms with van der Waals surface area (Å²) >= 11 is 4.86. The van der Waals surface area contributed by atoms with Crippen LogP contribution in [0.4, 0.5) is 5.69 Å². The van der Waals surface area contributed by atoms with E-state index in [1.54, 1.807) is 12.3 Å². The van der Waals surface area contributed by atoms with Crippen LogP contribution < -0.4 is 5.32 Å². The Bertz CT molecular complexity index is 932. The maximum atomic E-state index is 12.4. The van der Waals surface area contributed by atoms with E-state index in [9.17, 15) is 4.79 Å². The van der Waals surface area contributed by atoms with Crippen LogP contribution in [0.3, 0.4) is 0 Å². The molecule has 3 aromatic rings. The molecule has 25 heavy (non-hydrogen) atoms. The largest absolute Gasteiger partial charge is 0.339 e. The molecule has 1 saturated carbocycles. The van der Waals surface area contributed by atoms with Gasteiger partial charge in [-0.15, -0.1) is 11.3 Å². The molecule has 4 rings (SSSR count). The number of pyridine rings is 1. The molecule has 1 fully saturated rings. The van der Waals surface area contributed by atoms with Crippen molar-refractivity contribution in [2.75, 3.05) is 5.32 Å². The summed E-state index contributed by atoms with van der Waals surface area (Å²) in [4.78, 5) is 22.8. The van der Waals surface area contributed by atoms with Crippen LogP contribution >= 0.6 is 27.3 Å². The minimum absolute atomic E-state index is 0.204. The van der Waals surface area contributed by atoms with Crippen molar-refractivity contribution in [3.05, 3.63) is 45.3 Å². The summed E-state index contributed by atoms with van der Waals surface area (Å²) < 4.78 is 6.14. The van der Waals surface area contributed by atoms with Gasteiger partial charge in [-0.3, -0.25) is 9.78 Å². The van der Waals surface area contributed by atoms with Crippen molar-refractivity contribution >= 4 is 38.9 Å². The zero-order valence-corrected chi connectivity index (χ0v) is 15.9. The van der Waals surface area contributed by atoms with E-state index < -0.39 is 0 Å². The molecule has 0 saturated heterocycles. The van der Waals surface area contributed by atoms with E-state index in [4.69, 9.17) is 4.52 Å². The van der Waals surface area contributed by atoms with Crippen molar-refractivity contribution in [2.24, 2.45) is 0 Å². The standard InChI is InChI=1S/C17H15BrN4O2S/c1-9-13(20-16(23)11-5-12(18)8-19-7-11)6-14(25-9)15-21-17(24-22-15)10-3-2-4-10/h5-8,10H,2-4H2,1H3,(H,20,23). The molecule has 0 radical (unpaired) electrons. The number of aromatic nitrogens is 3. The second-order valence-electron chi connectivity index (χ2n) is 6.01. The van der Waals surface area contributed by atoms with Crippen molar-refractivity contribution in [1.82, 2.24) is 15.1 Å². The van der Waals surface area contributed by atoms with Gasteiger partial charge in [0.05, 0.1) is 16.1 Å². The van der Waals surface area contributed by atoms with E-state index >= 15 is 0 Å². The monoisotopic (exact) mass is 418 g/mol. The first-order valence-corrected chi connectivity index (χ1v) is 9.57. The van der Waals surface area contributed by atoms with Crippen molar-refractivity contribution in [3.63, 3.8) is 0 Å². The molecule has 3 heterocycles. The number of hydrogen-bond donors (Lipinski definition) is 1. The molecule has 0 bridgehead atoms. The number of rotatable bonds is 4. The average Bonchev–Trinajstić information content (AvgIpc) is 3.13. The fourth-order valence-electron chi connectivity index (χ4n) is 2.60. The van der Waals surface area contributed by atoms with Gasteiger partial charge < -0.3 is 9.84 Å². The summed E-state index contributed by atoms with van der Waals surface area (Å²) in [6.45, 7) is 1.95. The zero-order chi connectivity index (χ0) is 17.4. The van der Waals surface area contributed by atoms with Gasteiger partial charge >= 0.3 is 0 Å². The normalized spacial score (nSPS) is 14.3. The molecule has 6 nitrogen and oxygen atoms in total. The number of carbonyl (C=O) groups excluding carboxylic acids is 1. The Morgan fingerprint density at radius 3 is 2.92 bits per heavy atom. The van der Waals surface area contributed by atoms with Gasteiger partial charge in [0.25, 0.3) is 5.91 Å². The molecule has 0 aliphatic heterocycles. The Balaban J connectivity index is 1.53. The Hall–Kier alpha value is -2.06. The van der Waals surface area contributed by atoms with E-state index in [2.05, 4.69) is 36.4 Å². The minimum atomic E-state index is -0.204. The number of amides is 1. The van der Waals surface area contributed by atoms with Gasteiger partial charge in [0, 0.05) is 27.7 Å². The molecule has 1 amide bonds. The number of carbonyl (C=O) groups is 1. The third-order valence-electron chi connectivity index (χ3n) is 4.25. The number of thiophene rings is 1. The van der Waals surface area contributed by atoms with Crippen molar-refractivity contribution in [1.29, 1.82) is 0 Å². The molecule has 0 spiro atoms. The molecule has 0 aromatic carbocycles. The van der Waals surface area contributed by atoms with Crippen molar-refractivity contribution in [2.45, 2.75) is 32.1 Å². The lowest BCUT2D eigenvalue weighted by atomic mass is 9.85. The first-order chi connectivity index (χ1) is 12.1. The summed E-state index contributed by atoms with van der Waals surface area (Å²) in [5.41, 5.74) is 1.24. The number of aryl methyl sites for hydroxylation is 1. The average molecular weight is 419 g/mol. The van der Waals surface area contributed by atoms with Crippen molar-refractivity contribution < 1.29 is 9.32 Å². The number of halogens is 1. The van der Waals surface area contributed by atoms with Crippen LogP contribution in [0, 0.1) is 6.92 Å². The Labute approximate surface area is 156 Å². The van der Waals surface area contributed by atoms with Crippen LogP contribution in [-0.4, -0.2) is 21.0 Å². The predicted molar refractivity (Wildman–Crippen MR) is 98.8 cm³/mol. The second kappa shape index (κ2) is 6.68. The molecule has 0 atom stereocenters. The molecule has 0 unspecified atom stereocenters. The third kappa shape index (κ3) is 3.36. The second-order valence-corrected chi connectivity index (χ2v) is 8.18. The highest BCUT2D eigenvalue weighted by Crippen LogP contribution is 2.38. The van der Waals surface area contributed by atoms with Gasteiger partial charge in [-0.1, -0.05) is 11.6 Å². The minimum Gasteiger partial charge on any atom is -0.339 e. The Kier molecular flexibility index (Phi) is 4.39. The van der Waals surface area contributed by atoms with Crippen molar-refractivity contribution in [3.8, 4) is 10.7 Å². The summed E-state index contributed by atoms with van der Waals surface area (Å²) in [6.07, 6.45) is 6.63. The van der Waals surface area contributed by atoms with Gasteiger partial charge in [-0.05, 0) is 47.8 Å². The van der Waals surface area contributed by atoms with E-state index in [0.29, 0.717) is 17.3 Å². The molecule has 3 aromatic heterocycles. The topological polar surface area (TPSA) is 80.9 Å². The van der Waals surface area contributed by atoms with E-state index in [1.807, 2.05) is 13.0 Å². The van der Waals surface area contributed by atoms with E-state index in [0.717, 1.165) is 38.6 Å². The van der Waals surface area contributed by atoms with Crippen LogP contribution in [-0.2, 0) is 0 Å². The highest BCUT2D eigenvalue weighted by molar-refractivity contribution is 9.10. The molecule has 128 valence electrons. The van der Waals surface area contributed by atoms with Crippen LogP contribution in [0.1, 0.15) is 46.3 Å². The van der Waals surface area contributed by atoms with Gasteiger partial charge in [-0.2, -0.15) is 4.98 Å². The number of anilines is 1. The maximum Gasteiger partial charge on any atom is 0.257 e. The zero-order valence-electron chi connectivity index (χ0n) is 13.5. The van der Waals surface area contributed by atoms with Crippen LogP contribution in [0.5, 0.6) is 0 Å². The highest BCUT2D eigenvalue weighted by atomic mass is 79.9. The highest BCUT2D eigenvalue weighted by Gasteiger charge is 2.26. The molecule has 1 aliphatic carbocycles. The fourth-order valence-corrected chi connectivity index (χ4v) is 3.87. The third-order valence-corrected chi connectivity index (χ3v) is 5.73. The number of hydrogen-bond acceptors (Lipinski definition) is 6. The van der Waals surface area contributed by atoms with Crippen LogP contribution in [0.2, 0.25) is 0 Å². The number of nitrogens with zero attached hydrogens (tertiary/aromatic N) is 3. The van der Waals surface area contributed by atoms with Crippen LogP contribution in [0.25, 0.3) is 10.7 Å². The van der Waals surface area contributed by atoms with Gasteiger partial charge in [0.2, 0.25) is 11.7 Å². The first kappa shape index (κ1) is 16.4. The SMILES string of the molecule is Cc1sc(-c2noc(C3CCC3)n2)cc1NC(=O)c1cncc(Br)c1. The Morgan fingerprint density at radius 2 is 2.20 bits per heavy atom. The lowest BCUT2D eigenvalue weighted by molar-refractivity contribution is 0.102. The molecular formula is C17H15BrN4O2S. The van der Waals surface area contributed by atoms with Gasteiger partial charge in [0.15, 0.2) is 0 Å². The molecular weight excluding hydrogens is 404 g/mol. The summed E-state index contributed by atoms with van der Waals surface area (Å²) in [5.74, 6) is 1.51. The maximum absolute atomic E-state index is 12.4. The Morgan fingerprint density at radius 1 is 1.36 bits per heavy atom. The summed E-state index contributed by atoms with van der Waals surface area (Å²) in [5, 5.41) is 7.01. The molecule has 1 N–H and O–H groups in total. The lowest BCUT2D eigenvalue weighted by Gasteiger charge is -2.20. The lowest BCUT2D eigenvalue weighted by Crippen LogP contribution is -2.12. The number of nitrogens with one attached hydrogen (secondary N) is 1. The van der Waals surface area contributed by atoms with E-state index in [-0.39, 0.29) is 5.91 Å².